The van der Waals surface area contributed by atoms with Crippen LogP contribution in [0.1, 0.15) is 23.1 Å². The molecule has 0 saturated carbocycles. The van der Waals surface area contributed by atoms with Crippen molar-refractivity contribution in [3.8, 4) is 5.75 Å². The molecule has 0 bridgehead atoms. The van der Waals surface area contributed by atoms with Crippen LogP contribution in [0.25, 0.3) is 11.3 Å². The van der Waals surface area contributed by atoms with Gasteiger partial charge in [-0.15, -0.1) is 0 Å². The van der Waals surface area contributed by atoms with Crippen molar-refractivity contribution in [2.45, 2.75) is 11.8 Å². The minimum atomic E-state index is -0.903. The topological polar surface area (TPSA) is 35.5 Å². The number of carbonyl (C=O) groups excluding carboxylic acids is 1. The van der Waals surface area contributed by atoms with E-state index in [4.69, 9.17) is 9.47 Å². The Hall–Kier alpha value is -3.66. The smallest absolute Gasteiger partial charge is 0.326 e. The number of halogens is 1. The number of hydrogen-bond donors (Lipinski definition) is 0. The maximum Gasteiger partial charge on any atom is 0.326 e. The van der Waals surface area contributed by atoms with Crippen LogP contribution in [0, 0.1) is 11.7 Å². The van der Waals surface area contributed by atoms with Gasteiger partial charge in [0.2, 0.25) is 0 Å². The summed E-state index contributed by atoms with van der Waals surface area (Å²) in [5.41, 5.74) is 3.19. The highest BCUT2D eigenvalue weighted by molar-refractivity contribution is 6.05. The van der Waals surface area contributed by atoms with E-state index < -0.39 is 5.41 Å². The average molecular weight is 410 g/mol. The lowest BCUT2D eigenvalue weighted by molar-refractivity contribution is -0.136. The average Bonchev–Trinajstić information content (AvgIpc) is 3.33. The van der Waals surface area contributed by atoms with E-state index in [1.54, 1.807) is 18.2 Å². The van der Waals surface area contributed by atoms with Crippen molar-refractivity contribution in [1.82, 2.24) is 0 Å². The van der Waals surface area contributed by atoms with Crippen molar-refractivity contribution in [3.05, 3.63) is 113 Å². The molecule has 1 unspecified atom stereocenters. The predicted molar refractivity (Wildman–Crippen MR) is 116 cm³/mol. The van der Waals surface area contributed by atoms with Crippen LogP contribution in [0.3, 0.4) is 0 Å². The van der Waals surface area contributed by atoms with Crippen molar-refractivity contribution in [2.75, 3.05) is 6.61 Å². The number of fused-ring (bicyclic) bond motifs is 3. The number of rotatable bonds is 2. The molecule has 0 saturated heterocycles. The molecule has 1 spiro atoms. The van der Waals surface area contributed by atoms with Crippen LogP contribution in [0.15, 0.2) is 90.5 Å². The number of allylic oxidation sites excluding steroid dienone is 1. The van der Waals surface area contributed by atoms with E-state index in [9.17, 15) is 9.18 Å². The van der Waals surface area contributed by atoms with Gasteiger partial charge in [-0.25, -0.2) is 4.39 Å². The predicted octanol–water partition coefficient (Wildman–Crippen LogP) is 5.53. The van der Waals surface area contributed by atoms with E-state index in [2.05, 4.69) is 0 Å². The van der Waals surface area contributed by atoms with E-state index in [1.165, 1.54) is 6.07 Å². The Morgan fingerprint density at radius 3 is 2.48 bits per heavy atom. The molecule has 3 aromatic carbocycles. The molecule has 31 heavy (non-hydrogen) atoms. The van der Waals surface area contributed by atoms with Gasteiger partial charge in [-0.05, 0) is 41.8 Å². The summed E-state index contributed by atoms with van der Waals surface area (Å²) in [6.45, 7) is 0.411. The summed E-state index contributed by atoms with van der Waals surface area (Å²) in [6.07, 6.45) is 2.55. The molecule has 2 aliphatic heterocycles. The second kappa shape index (κ2) is 6.67. The molecule has 2 heterocycles. The largest absolute Gasteiger partial charge is 0.492 e. The third kappa shape index (κ3) is 2.54. The summed E-state index contributed by atoms with van der Waals surface area (Å²) in [6, 6.07) is 24.1. The van der Waals surface area contributed by atoms with Gasteiger partial charge < -0.3 is 9.47 Å². The van der Waals surface area contributed by atoms with Crippen molar-refractivity contribution >= 4 is 17.3 Å². The van der Waals surface area contributed by atoms with Crippen LogP contribution in [0.2, 0.25) is 0 Å². The Bertz CT molecular complexity index is 1270. The normalized spacial score (nSPS) is 23.8. The van der Waals surface area contributed by atoms with E-state index in [-0.39, 0.29) is 17.7 Å². The highest BCUT2D eigenvalue weighted by atomic mass is 19.1. The molecule has 3 nitrogen and oxygen atoms in total. The first-order valence-electron chi connectivity index (χ1n) is 10.4. The zero-order valence-electron chi connectivity index (χ0n) is 16.7. The van der Waals surface area contributed by atoms with Gasteiger partial charge in [0.1, 0.15) is 22.7 Å². The van der Waals surface area contributed by atoms with Gasteiger partial charge in [0, 0.05) is 17.1 Å². The summed E-state index contributed by atoms with van der Waals surface area (Å²) in [5, 5.41) is 0. The Kier molecular flexibility index (Phi) is 3.90. The van der Waals surface area contributed by atoms with Gasteiger partial charge in [-0.2, -0.15) is 0 Å². The maximum absolute atomic E-state index is 14.6. The zero-order valence-corrected chi connectivity index (χ0v) is 16.7. The molecule has 3 aliphatic rings. The first kappa shape index (κ1) is 18.1. The van der Waals surface area contributed by atoms with Crippen LogP contribution < -0.4 is 4.74 Å². The second-order valence-corrected chi connectivity index (χ2v) is 8.19. The molecule has 152 valence electrons. The molecule has 3 aromatic rings. The number of hydrogen-bond acceptors (Lipinski definition) is 3. The standard InChI is InChI=1S/C27H19FO3/c28-23-12-6-4-10-19(23)25-20-14-22(17-8-2-1-3-9-17)27(15-18(20)16-30-25)21-11-5-7-13-24(21)31-26(27)29/h1-14,18H,15-16H2/t18-,27?/m0/s1. The van der Waals surface area contributed by atoms with Gasteiger partial charge in [0.05, 0.1) is 12.2 Å². The van der Waals surface area contributed by atoms with E-state index in [0.717, 1.165) is 22.3 Å². The molecule has 2 atom stereocenters. The maximum atomic E-state index is 14.6. The molecule has 0 amide bonds. The number of para-hydroxylation sites is 1. The third-order valence-electron chi connectivity index (χ3n) is 6.54. The lowest BCUT2D eigenvalue weighted by Gasteiger charge is -2.36. The fourth-order valence-corrected chi connectivity index (χ4v) is 5.13. The van der Waals surface area contributed by atoms with Gasteiger partial charge in [0.25, 0.3) is 0 Å². The fourth-order valence-electron chi connectivity index (χ4n) is 5.13. The second-order valence-electron chi connectivity index (χ2n) is 8.19. The van der Waals surface area contributed by atoms with Crippen molar-refractivity contribution in [2.24, 2.45) is 5.92 Å². The third-order valence-corrected chi connectivity index (χ3v) is 6.54. The van der Waals surface area contributed by atoms with Crippen LogP contribution in [-0.2, 0) is 14.9 Å². The number of carbonyl (C=O) groups is 1. The van der Waals surface area contributed by atoms with Crippen LogP contribution in [0.5, 0.6) is 5.75 Å². The number of benzene rings is 3. The number of ether oxygens (including phenoxy) is 2. The zero-order chi connectivity index (χ0) is 21.0. The fraction of sp³-hybridized carbons (Fsp3) is 0.148. The van der Waals surface area contributed by atoms with Crippen LogP contribution in [0.4, 0.5) is 4.39 Å². The molecule has 0 radical (unpaired) electrons. The highest BCUT2D eigenvalue weighted by Gasteiger charge is 2.56. The van der Waals surface area contributed by atoms with Gasteiger partial charge in [-0.1, -0.05) is 60.7 Å². The molecule has 0 aromatic heterocycles. The van der Waals surface area contributed by atoms with Gasteiger partial charge >= 0.3 is 5.97 Å². The molecule has 0 N–H and O–H groups in total. The SMILES string of the molecule is O=C1Oc2ccccc2C12C[C@H]1COC(c3ccccc3F)=C1C=C2c1ccccc1. The summed E-state index contributed by atoms with van der Waals surface area (Å²) >= 11 is 0. The summed E-state index contributed by atoms with van der Waals surface area (Å²) in [5.74, 6) is 0.565. The van der Waals surface area contributed by atoms with Crippen molar-refractivity contribution < 1.29 is 18.7 Å². The van der Waals surface area contributed by atoms with Crippen molar-refractivity contribution in [3.63, 3.8) is 0 Å². The molecular formula is C27H19FO3. The first-order chi connectivity index (χ1) is 15.2. The van der Waals surface area contributed by atoms with Gasteiger partial charge in [-0.3, -0.25) is 4.79 Å². The van der Waals surface area contributed by atoms with Crippen LogP contribution in [-0.4, -0.2) is 12.6 Å². The summed E-state index contributed by atoms with van der Waals surface area (Å²) in [4.78, 5) is 13.4. The van der Waals surface area contributed by atoms with Gasteiger partial charge in [0.15, 0.2) is 0 Å². The van der Waals surface area contributed by atoms with E-state index >= 15 is 0 Å². The lowest BCUT2D eigenvalue weighted by Crippen LogP contribution is -2.40. The quantitative estimate of drug-likeness (QED) is 0.412. The summed E-state index contributed by atoms with van der Waals surface area (Å²) < 4.78 is 26.3. The Morgan fingerprint density at radius 1 is 0.903 bits per heavy atom. The minimum absolute atomic E-state index is 0.0271. The minimum Gasteiger partial charge on any atom is -0.492 e. The molecule has 0 fully saturated rings. The Morgan fingerprint density at radius 2 is 1.65 bits per heavy atom. The van der Waals surface area contributed by atoms with E-state index in [1.807, 2.05) is 60.7 Å². The van der Waals surface area contributed by atoms with E-state index in [0.29, 0.717) is 30.1 Å². The molecule has 4 heteroatoms. The molecule has 1 aliphatic carbocycles. The Balaban J connectivity index is 1.62. The highest BCUT2D eigenvalue weighted by Crippen LogP contribution is 2.57. The van der Waals surface area contributed by atoms with Crippen LogP contribution >= 0.6 is 0 Å². The number of esters is 1. The van der Waals surface area contributed by atoms with Crippen molar-refractivity contribution in [1.29, 1.82) is 0 Å². The Labute approximate surface area is 179 Å². The first-order valence-corrected chi connectivity index (χ1v) is 10.4. The monoisotopic (exact) mass is 410 g/mol. The molecular weight excluding hydrogens is 391 g/mol. The lowest BCUT2D eigenvalue weighted by atomic mass is 9.63. The molecule has 6 rings (SSSR count). The summed E-state index contributed by atoms with van der Waals surface area (Å²) in [7, 11) is 0.